The number of carbonyl (C=O) groups is 1. The maximum absolute atomic E-state index is 12.3. The number of anilines is 2. The first kappa shape index (κ1) is 13.1. The second-order valence-corrected chi connectivity index (χ2v) is 4.88. The van der Waals surface area contributed by atoms with Crippen LogP contribution in [0.2, 0.25) is 0 Å². The van der Waals surface area contributed by atoms with Crippen LogP contribution in [0.3, 0.4) is 0 Å². The lowest BCUT2D eigenvalue weighted by atomic mass is 10.1. The monoisotopic (exact) mass is 277 g/mol. The van der Waals surface area contributed by atoms with Crippen molar-refractivity contribution < 1.29 is 4.79 Å². The van der Waals surface area contributed by atoms with Gasteiger partial charge in [-0.1, -0.05) is 12.1 Å². The molecule has 0 bridgehead atoms. The van der Waals surface area contributed by atoms with Crippen molar-refractivity contribution >= 4 is 28.2 Å². The molecular formula is C17H15N3O. The van der Waals surface area contributed by atoms with Gasteiger partial charge in [0, 0.05) is 28.5 Å². The van der Waals surface area contributed by atoms with E-state index in [2.05, 4.69) is 10.3 Å². The van der Waals surface area contributed by atoms with Crippen LogP contribution >= 0.6 is 0 Å². The van der Waals surface area contributed by atoms with Crippen molar-refractivity contribution in [1.29, 1.82) is 0 Å². The van der Waals surface area contributed by atoms with Crippen molar-refractivity contribution in [3.63, 3.8) is 0 Å². The molecule has 0 unspecified atom stereocenters. The number of nitrogens with zero attached hydrogens (tertiary/aromatic N) is 1. The molecule has 0 radical (unpaired) electrons. The number of amides is 1. The third-order valence-electron chi connectivity index (χ3n) is 3.48. The smallest absolute Gasteiger partial charge is 0.256 e. The molecule has 4 nitrogen and oxygen atoms in total. The molecule has 3 aromatic rings. The van der Waals surface area contributed by atoms with E-state index in [0.29, 0.717) is 11.3 Å². The van der Waals surface area contributed by atoms with Crippen molar-refractivity contribution in [3.8, 4) is 0 Å². The first-order valence-corrected chi connectivity index (χ1v) is 6.66. The number of nitrogen functional groups attached to an aromatic ring is 1. The molecule has 3 rings (SSSR count). The number of nitrogens with two attached hydrogens (primary N) is 1. The summed E-state index contributed by atoms with van der Waals surface area (Å²) in [6, 6.07) is 14.8. The summed E-state index contributed by atoms with van der Waals surface area (Å²) in [7, 11) is 0. The number of rotatable bonds is 2. The summed E-state index contributed by atoms with van der Waals surface area (Å²) in [6.45, 7) is 1.84. The molecule has 0 aliphatic heterocycles. The van der Waals surface area contributed by atoms with Crippen LogP contribution in [0.5, 0.6) is 0 Å². The van der Waals surface area contributed by atoms with Crippen molar-refractivity contribution in [2.45, 2.75) is 6.92 Å². The molecule has 1 heterocycles. The molecule has 2 aromatic carbocycles. The van der Waals surface area contributed by atoms with E-state index in [1.807, 2.05) is 37.3 Å². The standard InChI is InChI=1S/C17H15N3O/c1-11-14(5-2-6-15(11)18)17(21)20-13-7-8-16-12(10-13)4-3-9-19-16/h2-10H,18H2,1H3,(H,20,21). The summed E-state index contributed by atoms with van der Waals surface area (Å²) in [5.74, 6) is -0.164. The molecule has 1 amide bonds. The predicted octanol–water partition coefficient (Wildman–Crippen LogP) is 3.38. The van der Waals surface area contributed by atoms with E-state index in [1.165, 1.54) is 0 Å². The zero-order valence-corrected chi connectivity index (χ0v) is 11.6. The number of nitrogens with one attached hydrogen (secondary N) is 1. The predicted molar refractivity (Wildman–Crippen MR) is 85.3 cm³/mol. The van der Waals surface area contributed by atoms with E-state index in [-0.39, 0.29) is 5.91 Å². The van der Waals surface area contributed by atoms with Gasteiger partial charge in [0.1, 0.15) is 0 Å². The Hall–Kier alpha value is -2.88. The minimum atomic E-state index is -0.164. The zero-order valence-electron chi connectivity index (χ0n) is 11.6. The maximum Gasteiger partial charge on any atom is 0.256 e. The fourth-order valence-electron chi connectivity index (χ4n) is 2.25. The van der Waals surface area contributed by atoms with Gasteiger partial charge in [-0.25, -0.2) is 0 Å². The lowest BCUT2D eigenvalue weighted by Crippen LogP contribution is -2.14. The Kier molecular flexibility index (Phi) is 3.28. The third kappa shape index (κ3) is 2.56. The average Bonchev–Trinajstić information content (AvgIpc) is 2.50. The highest BCUT2D eigenvalue weighted by molar-refractivity contribution is 6.06. The third-order valence-corrected chi connectivity index (χ3v) is 3.48. The van der Waals surface area contributed by atoms with Crippen molar-refractivity contribution in [3.05, 3.63) is 65.9 Å². The second kappa shape index (κ2) is 5.25. The highest BCUT2D eigenvalue weighted by atomic mass is 16.1. The van der Waals surface area contributed by atoms with E-state index in [4.69, 9.17) is 5.73 Å². The number of fused-ring (bicyclic) bond motifs is 1. The number of aromatic nitrogens is 1. The van der Waals surface area contributed by atoms with Crippen molar-refractivity contribution in [1.82, 2.24) is 4.98 Å². The number of benzene rings is 2. The Morgan fingerprint density at radius 2 is 2.00 bits per heavy atom. The van der Waals surface area contributed by atoms with E-state index in [1.54, 1.807) is 24.4 Å². The molecule has 0 saturated carbocycles. The Balaban J connectivity index is 1.91. The highest BCUT2D eigenvalue weighted by Crippen LogP contribution is 2.20. The summed E-state index contributed by atoms with van der Waals surface area (Å²) in [5, 5.41) is 3.88. The Labute approximate surface area is 122 Å². The van der Waals surface area contributed by atoms with Gasteiger partial charge in [0.25, 0.3) is 5.91 Å². The molecular weight excluding hydrogens is 262 g/mol. The van der Waals surface area contributed by atoms with Gasteiger partial charge in [-0.15, -0.1) is 0 Å². The first-order valence-electron chi connectivity index (χ1n) is 6.66. The van der Waals surface area contributed by atoms with E-state index < -0.39 is 0 Å². The number of carbonyl (C=O) groups excluding carboxylic acids is 1. The van der Waals surface area contributed by atoms with Crippen LogP contribution < -0.4 is 11.1 Å². The highest BCUT2D eigenvalue weighted by Gasteiger charge is 2.10. The maximum atomic E-state index is 12.3. The lowest BCUT2D eigenvalue weighted by Gasteiger charge is -2.10. The number of hydrogen-bond donors (Lipinski definition) is 2. The minimum absolute atomic E-state index is 0.164. The average molecular weight is 277 g/mol. The minimum Gasteiger partial charge on any atom is -0.398 e. The van der Waals surface area contributed by atoms with Gasteiger partial charge in [0.15, 0.2) is 0 Å². The largest absolute Gasteiger partial charge is 0.398 e. The molecule has 104 valence electrons. The Morgan fingerprint density at radius 1 is 1.14 bits per heavy atom. The molecule has 0 aliphatic carbocycles. The first-order chi connectivity index (χ1) is 10.1. The summed E-state index contributed by atoms with van der Waals surface area (Å²) in [4.78, 5) is 16.6. The van der Waals surface area contributed by atoms with Crippen LogP contribution in [-0.2, 0) is 0 Å². The molecule has 0 fully saturated rings. The lowest BCUT2D eigenvalue weighted by molar-refractivity contribution is 0.102. The van der Waals surface area contributed by atoms with Crippen LogP contribution in [0.15, 0.2) is 54.7 Å². The van der Waals surface area contributed by atoms with Crippen molar-refractivity contribution in [2.24, 2.45) is 0 Å². The van der Waals surface area contributed by atoms with Crippen LogP contribution in [0.1, 0.15) is 15.9 Å². The van der Waals surface area contributed by atoms with E-state index in [9.17, 15) is 4.79 Å². The molecule has 3 N–H and O–H groups in total. The Bertz CT molecular complexity index is 827. The van der Waals surface area contributed by atoms with Crippen LogP contribution in [0.4, 0.5) is 11.4 Å². The van der Waals surface area contributed by atoms with Crippen LogP contribution in [0, 0.1) is 6.92 Å². The van der Waals surface area contributed by atoms with Gasteiger partial charge in [-0.05, 0) is 48.9 Å². The van der Waals surface area contributed by atoms with Gasteiger partial charge in [-0.2, -0.15) is 0 Å². The Morgan fingerprint density at radius 3 is 2.86 bits per heavy atom. The van der Waals surface area contributed by atoms with Crippen LogP contribution in [-0.4, -0.2) is 10.9 Å². The van der Waals surface area contributed by atoms with E-state index in [0.717, 1.165) is 22.2 Å². The summed E-state index contributed by atoms with van der Waals surface area (Å²) < 4.78 is 0. The normalized spacial score (nSPS) is 10.5. The second-order valence-electron chi connectivity index (χ2n) is 4.88. The van der Waals surface area contributed by atoms with Crippen LogP contribution in [0.25, 0.3) is 10.9 Å². The van der Waals surface area contributed by atoms with Gasteiger partial charge in [-0.3, -0.25) is 9.78 Å². The molecule has 0 spiro atoms. The van der Waals surface area contributed by atoms with E-state index >= 15 is 0 Å². The zero-order chi connectivity index (χ0) is 14.8. The summed E-state index contributed by atoms with van der Waals surface area (Å²) in [5.41, 5.74) is 9.46. The molecule has 21 heavy (non-hydrogen) atoms. The topological polar surface area (TPSA) is 68.0 Å². The van der Waals surface area contributed by atoms with Gasteiger partial charge in [0.2, 0.25) is 0 Å². The SMILES string of the molecule is Cc1c(N)cccc1C(=O)Nc1ccc2ncccc2c1. The van der Waals surface area contributed by atoms with Crippen molar-refractivity contribution in [2.75, 3.05) is 11.1 Å². The molecule has 1 aromatic heterocycles. The quantitative estimate of drug-likeness (QED) is 0.706. The fourth-order valence-corrected chi connectivity index (χ4v) is 2.25. The molecule has 0 aliphatic rings. The molecule has 0 atom stereocenters. The fraction of sp³-hybridized carbons (Fsp3) is 0.0588. The summed E-state index contributed by atoms with van der Waals surface area (Å²) in [6.07, 6.45) is 1.75. The van der Waals surface area contributed by atoms with Gasteiger partial charge >= 0.3 is 0 Å². The number of pyridine rings is 1. The molecule has 0 saturated heterocycles. The number of hydrogen-bond acceptors (Lipinski definition) is 3. The summed E-state index contributed by atoms with van der Waals surface area (Å²) >= 11 is 0. The van der Waals surface area contributed by atoms with Gasteiger partial charge < -0.3 is 11.1 Å². The van der Waals surface area contributed by atoms with Gasteiger partial charge in [0.05, 0.1) is 5.52 Å². The molecule has 4 heteroatoms.